The van der Waals surface area contributed by atoms with Gasteiger partial charge < -0.3 is 15.2 Å². The van der Waals surface area contributed by atoms with Crippen molar-refractivity contribution < 1.29 is 14.6 Å². The molecule has 0 aromatic heterocycles. The highest BCUT2D eigenvalue weighted by molar-refractivity contribution is 5.94. The van der Waals surface area contributed by atoms with Crippen LogP contribution in [0.1, 0.15) is 56.3 Å². The number of ether oxygens (including phenoxy) is 1. The molecule has 0 saturated carbocycles. The second-order valence-electron chi connectivity index (χ2n) is 5.65. The van der Waals surface area contributed by atoms with Gasteiger partial charge in [-0.2, -0.15) is 0 Å². The molecule has 0 aliphatic rings. The fourth-order valence-electron chi connectivity index (χ4n) is 2.24. The smallest absolute Gasteiger partial charge is 0.251 e. The number of phenolic OH excluding ortho intramolecular Hbond substituents is 1. The number of carbonyl (C=O) groups is 1. The predicted molar refractivity (Wildman–Crippen MR) is 89.2 cm³/mol. The van der Waals surface area contributed by atoms with Gasteiger partial charge in [-0.3, -0.25) is 4.79 Å². The molecule has 1 unspecified atom stereocenters. The number of hydrogen-bond donors (Lipinski definition) is 2. The predicted octanol–water partition coefficient (Wildman–Crippen LogP) is 3.75. The van der Waals surface area contributed by atoms with Crippen LogP contribution < -0.4 is 5.32 Å². The third-order valence-electron chi connectivity index (χ3n) is 3.78. The van der Waals surface area contributed by atoms with Crippen LogP contribution in [0.15, 0.2) is 24.3 Å². The highest BCUT2D eigenvalue weighted by Crippen LogP contribution is 2.13. The Kier molecular flexibility index (Phi) is 9.31. The zero-order valence-electron chi connectivity index (χ0n) is 13.8. The van der Waals surface area contributed by atoms with Gasteiger partial charge in [-0.15, -0.1) is 0 Å². The number of rotatable bonds is 11. The van der Waals surface area contributed by atoms with E-state index in [1.807, 2.05) is 0 Å². The van der Waals surface area contributed by atoms with E-state index in [9.17, 15) is 9.90 Å². The fourth-order valence-corrected chi connectivity index (χ4v) is 2.24. The number of amides is 1. The molecule has 1 aromatic carbocycles. The quantitative estimate of drug-likeness (QED) is 0.612. The zero-order chi connectivity index (χ0) is 16.2. The third kappa shape index (κ3) is 7.46. The summed E-state index contributed by atoms with van der Waals surface area (Å²) in [6.07, 6.45) is 5.72. The minimum Gasteiger partial charge on any atom is -0.508 e. The van der Waals surface area contributed by atoms with Crippen LogP contribution in [0.3, 0.4) is 0 Å². The topological polar surface area (TPSA) is 58.6 Å². The molecule has 4 heteroatoms. The molecule has 1 rings (SSSR count). The molecule has 0 bridgehead atoms. The van der Waals surface area contributed by atoms with E-state index in [2.05, 4.69) is 19.2 Å². The summed E-state index contributed by atoms with van der Waals surface area (Å²) in [6.45, 7) is 6.53. The second kappa shape index (κ2) is 11.1. The standard InChI is InChI=1S/C18H29NO3/c1-3-5-7-15(4-2)14-22-13-6-12-19-18(21)16-8-10-17(20)11-9-16/h8-11,15,20H,3-7,12-14H2,1-2H3,(H,19,21). The third-order valence-corrected chi connectivity index (χ3v) is 3.78. The van der Waals surface area contributed by atoms with Gasteiger partial charge in [0.05, 0.1) is 0 Å². The molecule has 1 aromatic rings. The van der Waals surface area contributed by atoms with Gasteiger partial charge in [-0.05, 0) is 43.0 Å². The van der Waals surface area contributed by atoms with Crippen molar-refractivity contribution in [2.24, 2.45) is 5.92 Å². The lowest BCUT2D eigenvalue weighted by Crippen LogP contribution is -2.25. The first kappa shape index (κ1) is 18.5. The number of aromatic hydroxyl groups is 1. The molecule has 0 heterocycles. The van der Waals surface area contributed by atoms with Crippen molar-refractivity contribution in [2.75, 3.05) is 19.8 Å². The zero-order valence-corrected chi connectivity index (χ0v) is 13.8. The second-order valence-corrected chi connectivity index (χ2v) is 5.65. The van der Waals surface area contributed by atoms with E-state index in [4.69, 9.17) is 4.74 Å². The number of benzene rings is 1. The van der Waals surface area contributed by atoms with Crippen LogP contribution in [0.25, 0.3) is 0 Å². The van der Waals surface area contributed by atoms with Crippen molar-refractivity contribution in [3.8, 4) is 5.75 Å². The Hall–Kier alpha value is -1.55. The normalized spacial score (nSPS) is 12.1. The Morgan fingerprint density at radius 1 is 1.23 bits per heavy atom. The van der Waals surface area contributed by atoms with Crippen LogP contribution in [0.5, 0.6) is 5.75 Å². The molecule has 0 radical (unpaired) electrons. The van der Waals surface area contributed by atoms with E-state index >= 15 is 0 Å². The SMILES string of the molecule is CCCCC(CC)COCCCNC(=O)c1ccc(O)cc1. The minimum atomic E-state index is -0.116. The lowest BCUT2D eigenvalue weighted by molar-refractivity contribution is 0.0875. The monoisotopic (exact) mass is 307 g/mol. The highest BCUT2D eigenvalue weighted by Gasteiger charge is 2.06. The van der Waals surface area contributed by atoms with Gasteiger partial charge >= 0.3 is 0 Å². The Balaban J connectivity index is 2.09. The molecule has 0 aliphatic carbocycles. The van der Waals surface area contributed by atoms with Gasteiger partial charge in [0, 0.05) is 25.3 Å². The van der Waals surface area contributed by atoms with Crippen LogP contribution in [-0.2, 0) is 4.74 Å². The van der Waals surface area contributed by atoms with E-state index in [1.165, 1.54) is 31.4 Å². The molecular weight excluding hydrogens is 278 g/mol. The number of carbonyl (C=O) groups excluding carboxylic acids is 1. The average molecular weight is 307 g/mol. The van der Waals surface area contributed by atoms with E-state index in [1.54, 1.807) is 12.1 Å². The Morgan fingerprint density at radius 3 is 2.59 bits per heavy atom. The van der Waals surface area contributed by atoms with Crippen LogP contribution in [0, 0.1) is 5.92 Å². The molecular formula is C18H29NO3. The number of hydrogen-bond acceptors (Lipinski definition) is 3. The van der Waals surface area contributed by atoms with Crippen LogP contribution in [0.4, 0.5) is 0 Å². The first-order valence-electron chi connectivity index (χ1n) is 8.32. The van der Waals surface area contributed by atoms with Gasteiger partial charge in [0.15, 0.2) is 0 Å². The molecule has 0 aliphatic heterocycles. The van der Waals surface area contributed by atoms with Crippen LogP contribution in [0.2, 0.25) is 0 Å². The Bertz CT molecular complexity index is 417. The summed E-state index contributed by atoms with van der Waals surface area (Å²) >= 11 is 0. The van der Waals surface area contributed by atoms with Crippen LogP contribution in [-0.4, -0.2) is 30.8 Å². The summed E-state index contributed by atoms with van der Waals surface area (Å²) in [5, 5.41) is 12.0. The molecule has 0 spiro atoms. The maximum Gasteiger partial charge on any atom is 0.251 e. The lowest BCUT2D eigenvalue weighted by atomic mass is 10.0. The highest BCUT2D eigenvalue weighted by atomic mass is 16.5. The van der Waals surface area contributed by atoms with Crippen molar-refractivity contribution in [3.63, 3.8) is 0 Å². The first-order chi connectivity index (χ1) is 10.7. The lowest BCUT2D eigenvalue weighted by Gasteiger charge is -2.14. The molecule has 22 heavy (non-hydrogen) atoms. The van der Waals surface area contributed by atoms with E-state index in [-0.39, 0.29) is 11.7 Å². The fraction of sp³-hybridized carbons (Fsp3) is 0.611. The van der Waals surface area contributed by atoms with Crippen LogP contribution >= 0.6 is 0 Å². The molecule has 1 atom stereocenters. The first-order valence-corrected chi connectivity index (χ1v) is 8.32. The summed E-state index contributed by atoms with van der Waals surface area (Å²) in [4.78, 5) is 11.8. The van der Waals surface area contributed by atoms with Gasteiger partial charge in [0.25, 0.3) is 5.91 Å². The molecule has 2 N–H and O–H groups in total. The van der Waals surface area contributed by atoms with E-state index in [0.29, 0.717) is 24.6 Å². The Morgan fingerprint density at radius 2 is 1.95 bits per heavy atom. The van der Waals surface area contributed by atoms with Gasteiger partial charge in [-0.25, -0.2) is 0 Å². The molecule has 4 nitrogen and oxygen atoms in total. The van der Waals surface area contributed by atoms with E-state index in [0.717, 1.165) is 19.4 Å². The molecule has 124 valence electrons. The summed E-state index contributed by atoms with van der Waals surface area (Å²) in [6, 6.07) is 6.25. The molecule has 0 saturated heterocycles. The van der Waals surface area contributed by atoms with Gasteiger partial charge in [0.2, 0.25) is 0 Å². The van der Waals surface area contributed by atoms with Crippen molar-refractivity contribution in [1.29, 1.82) is 0 Å². The van der Waals surface area contributed by atoms with E-state index < -0.39 is 0 Å². The average Bonchev–Trinajstić information content (AvgIpc) is 2.54. The van der Waals surface area contributed by atoms with Crippen molar-refractivity contribution >= 4 is 5.91 Å². The van der Waals surface area contributed by atoms with Gasteiger partial charge in [0.1, 0.15) is 5.75 Å². The number of nitrogens with one attached hydrogen (secondary N) is 1. The van der Waals surface area contributed by atoms with Gasteiger partial charge in [-0.1, -0.05) is 33.1 Å². The summed E-state index contributed by atoms with van der Waals surface area (Å²) in [7, 11) is 0. The molecule has 1 amide bonds. The summed E-state index contributed by atoms with van der Waals surface area (Å²) in [5.41, 5.74) is 0.560. The largest absolute Gasteiger partial charge is 0.508 e. The van der Waals surface area contributed by atoms with Crippen molar-refractivity contribution in [2.45, 2.75) is 46.0 Å². The molecule has 0 fully saturated rings. The minimum absolute atomic E-state index is 0.116. The van der Waals surface area contributed by atoms with Crippen molar-refractivity contribution in [3.05, 3.63) is 29.8 Å². The Labute approximate surface area is 133 Å². The number of phenols is 1. The maximum atomic E-state index is 11.8. The number of unbranched alkanes of at least 4 members (excludes halogenated alkanes) is 1. The summed E-state index contributed by atoms with van der Waals surface area (Å²) in [5.74, 6) is 0.708. The maximum absolute atomic E-state index is 11.8. The van der Waals surface area contributed by atoms with Crippen molar-refractivity contribution in [1.82, 2.24) is 5.32 Å². The summed E-state index contributed by atoms with van der Waals surface area (Å²) < 4.78 is 5.70.